The van der Waals surface area contributed by atoms with Crippen LogP contribution in [-0.4, -0.2) is 66.8 Å². The lowest BCUT2D eigenvalue weighted by Gasteiger charge is -2.32. The van der Waals surface area contributed by atoms with E-state index in [0.717, 1.165) is 36.9 Å². The van der Waals surface area contributed by atoms with Gasteiger partial charge < -0.3 is 24.4 Å². The van der Waals surface area contributed by atoms with Crippen LogP contribution in [0.2, 0.25) is 18.6 Å². The molecule has 2 saturated heterocycles. The Morgan fingerprint density at radius 3 is 2.59 bits per heavy atom. The highest BCUT2D eigenvalue weighted by molar-refractivity contribution is 6.71. The van der Waals surface area contributed by atoms with Crippen LogP contribution in [0.5, 0.6) is 0 Å². The maximum Gasteiger partial charge on any atom is 0.264 e. The lowest BCUT2D eigenvalue weighted by atomic mass is 9.82. The number of hydrogen-bond acceptors (Lipinski definition) is 5. The van der Waals surface area contributed by atoms with Crippen molar-refractivity contribution in [1.82, 2.24) is 4.90 Å². The number of fused-ring (bicyclic) bond motifs is 2. The standard InChI is InChI=1S/C31H46N2O5Si/c1-21(2)11-9-12-22(3)16-18-33-26-15-8-7-14-25(26)31(30(33)36)23(4)29(39(5,6)37)27(38-31)19-28(35)32-17-10-13-24(32)20-34/h7-8,11,14-16,23-24,27,29,34,37H,9-10,12-13,17-20H2,1-6H3/b22-16+/t23-,24-,27+,29-,31+/m0/s1. The minimum atomic E-state index is -2.84. The van der Waals surface area contributed by atoms with Gasteiger partial charge in [-0.3, -0.25) is 9.59 Å². The fourth-order valence-corrected chi connectivity index (χ4v) is 9.55. The largest absolute Gasteiger partial charge is 0.432 e. The van der Waals surface area contributed by atoms with E-state index in [0.29, 0.717) is 13.1 Å². The first-order chi connectivity index (χ1) is 18.4. The first-order valence-corrected chi connectivity index (χ1v) is 17.4. The third kappa shape index (κ3) is 5.66. The number of aliphatic hydroxyl groups excluding tert-OH is 1. The number of anilines is 1. The predicted molar refractivity (Wildman–Crippen MR) is 157 cm³/mol. The molecule has 0 saturated carbocycles. The molecule has 1 aromatic rings. The quantitative estimate of drug-likeness (QED) is 0.335. The molecule has 3 heterocycles. The van der Waals surface area contributed by atoms with Crippen LogP contribution in [0.1, 0.15) is 65.4 Å². The van der Waals surface area contributed by atoms with Gasteiger partial charge in [0, 0.05) is 30.1 Å². The summed E-state index contributed by atoms with van der Waals surface area (Å²) in [4.78, 5) is 42.7. The molecule has 2 fully saturated rings. The average Bonchev–Trinajstić information content (AvgIpc) is 3.52. The number of amides is 2. The van der Waals surface area contributed by atoms with E-state index in [-0.39, 0.29) is 42.3 Å². The lowest BCUT2D eigenvalue weighted by Crippen LogP contribution is -2.46. The number of aliphatic hydroxyl groups is 1. The highest BCUT2D eigenvalue weighted by Crippen LogP contribution is 2.59. The summed E-state index contributed by atoms with van der Waals surface area (Å²) in [6, 6.07) is 7.63. The van der Waals surface area contributed by atoms with Gasteiger partial charge in [-0.15, -0.1) is 0 Å². The molecule has 2 N–H and O–H groups in total. The van der Waals surface area contributed by atoms with Crippen LogP contribution in [-0.2, 0) is 19.9 Å². The van der Waals surface area contributed by atoms with Crippen LogP contribution in [0.15, 0.2) is 47.6 Å². The summed E-state index contributed by atoms with van der Waals surface area (Å²) in [6.45, 7) is 13.1. The summed E-state index contributed by atoms with van der Waals surface area (Å²) in [5.41, 5.74) is 2.67. The Morgan fingerprint density at radius 1 is 1.21 bits per heavy atom. The number of rotatable bonds is 9. The van der Waals surface area contributed by atoms with Crippen LogP contribution >= 0.6 is 0 Å². The number of carbonyl (C=O) groups is 2. The van der Waals surface area contributed by atoms with Gasteiger partial charge in [-0.05, 0) is 65.6 Å². The van der Waals surface area contributed by atoms with Crippen molar-refractivity contribution in [1.29, 1.82) is 0 Å². The Labute approximate surface area is 234 Å². The Morgan fingerprint density at radius 2 is 1.92 bits per heavy atom. The number of hydrogen-bond donors (Lipinski definition) is 2. The van der Waals surface area contributed by atoms with Crippen LogP contribution < -0.4 is 4.90 Å². The van der Waals surface area contributed by atoms with E-state index in [4.69, 9.17) is 4.74 Å². The van der Waals surface area contributed by atoms with E-state index in [1.807, 2.05) is 49.2 Å². The molecule has 2 amide bonds. The molecule has 39 heavy (non-hydrogen) atoms. The van der Waals surface area contributed by atoms with E-state index >= 15 is 0 Å². The molecular formula is C31H46N2O5Si. The highest BCUT2D eigenvalue weighted by Gasteiger charge is 2.66. The maximum absolute atomic E-state index is 14.3. The van der Waals surface area contributed by atoms with Crippen LogP contribution in [0.25, 0.3) is 0 Å². The molecule has 8 heteroatoms. The Hall–Kier alpha value is -2.26. The first kappa shape index (κ1) is 29.7. The zero-order valence-electron chi connectivity index (χ0n) is 24.4. The molecule has 0 unspecified atom stereocenters. The van der Waals surface area contributed by atoms with Crippen molar-refractivity contribution in [2.24, 2.45) is 5.92 Å². The molecule has 5 atom stereocenters. The highest BCUT2D eigenvalue weighted by atomic mass is 28.4. The first-order valence-electron chi connectivity index (χ1n) is 14.4. The molecule has 1 spiro atoms. The molecule has 0 aliphatic carbocycles. The van der Waals surface area contributed by atoms with E-state index < -0.39 is 20.0 Å². The van der Waals surface area contributed by atoms with Crippen molar-refractivity contribution in [3.8, 4) is 0 Å². The second-order valence-electron chi connectivity index (χ2n) is 12.4. The minimum absolute atomic E-state index is 0.0522. The molecule has 3 aliphatic heterocycles. The van der Waals surface area contributed by atoms with Crippen LogP contribution in [0.4, 0.5) is 5.69 Å². The Balaban J connectivity index is 1.64. The lowest BCUT2D eigenvalue weighted by molar-refractivity contribution is -0.149. The summed E-state index contributed by atoms with van der Waals surface area (Å²) in [7, 11) is -2.84. The smallest absolute Gasteiger partial charge is 0.264 e. The SMILES string of the molecule is CC(C)=CCC/C(C)=C/CN1C(=O)[C@]2(O[C@H](CC(=O)N3CCC[C@H]3CO)[C@@H]([Si](C)(C)O)[C@@H]2C)c2ccccc21. The monoisotopic (exact) mass is 554 g/mol. The van der Waals surface area contributed by atoms with Crippen molar-refractivity contribution < 1.29 is 24.2 Å². The van der Waals surface area contributed by atoms with Gasteiger partial charge in [-0.2, -0.15) is 0 Å². The zero-order valence-corrected chi connectivity index (χ0v) is 25.4. The van der Waals surface area contributed by atoms with Crippen LogP contribution in [0, 0.1) is 5.92 Å². The topological polar surface area (TPSA) is 90.3 Å². The third-order valence-corrected chi connectivity index (χ3v) is 11.4. The number of nitrogens with zero attached hydrogens (tertiary/aromatic N) is 2. The fraction of sp³-hybridized carbons (Fsp3) is 0.613. The molecule has 0 aromatic heterocycles. The van der Waals surface area contributed by atoms with Gasteiger partial charge in [0.25, 0.3) is 5.91 Å². The summed E-state index contributed by atoms with van der Waals surface area (Å²) < 4.78 is 6.77. The number of likely N-dealkylation sites (tertiary alicyclic amines) is 1. The van der Waals surface area contributed by atoms with Gasteiger partial charge in [0.1, 0.15) is 0 Å². The van der Waals surface area contributed by atoms with Crippen molar-refractivity contribution in [3.05, 3.63) is 53.1 Å². The number of allylic oxidation sites excluding steroid dienone is 3. The number of benzene rings is 1. The third-order valence-electron chi connectivity index (χ3n) is 8.89. The van der Waals surface area contributed by atoms with Crippen molar-refractivity contribution in [2.45, 2.75) is 96.2 Å². The van der Waals surface area contributed by atoms with E-state index in [1.54, 1.807) is 4.90 Å². The summed E-state index contributed by atoms with van der Waals surface area (Å²) in [6.07, 6.45) is 7.45. The fourth-order valence-electron chi connectivity index (χ4n) is 6.99. The normalized spacial score (nSPS) is 28.9. The summed E-state index contributed by atoms with van der Waals surface area (Å²) in [5.74, 6) is -0.484. The number of para-hydroxylation sites is 1. The summed E-state index contributed by atoms with van der Waals surface area (Å²) in [5, 5.41) is 9.76. The van der Waals surface area contributed by atoms with Crippen molar-refractivity contribution >= 4 is 25.8 Å². The Bertz CT molecular complexity index is 1140. The zero-order chi connectivity index (χ0) is 28.5. The maximum atomic E-state index is 14.3. The molecule has 0 radical (unpaired) electrons. The minimum Gasteiger partial charge on any atom is -0.432 e. The molecule has 3 aliphatic rings. The molecule has 0 bridgehead atoms. The Kier molecular flexibility index (Phi) is 8.91. The van der Waals surface area contributed by atoms with Gasteiger partial charge >= 0.3 is 0 Å². The van der Waals surface area contributed by atoms with Crippen molar-refractivity contribution in [3.63, 3.8) is 0 Å². The number of ether oxygens (including phenoxy) is 1. The predicted octanol–water partition coefficient (Wildman–Crippen LogP) is 4.90. The molecule has 1 aromatic carbocycles. The molecule has 214 valence electrons. The van der Waals surface area contributed by atoms with Gasteiger partial charge in [0.2, 0.25) is 5.91 Å². The van der Waals surface area contributed by atoms with Gasteiger partial charge in [-0.25, -0.2) is 0 Å². The molecule has 4 rings (SSSR count). The van der Waals surface area contributed by atoms with E-state index in [9.17, 15) is 19.5 Å². The van der Waals surface area contributed by atoms with E-state index in [2.05, 4.69) is 32.9 Å². The second-order valence-corrected chi connectivity index (χ2v) is 16.4. The van der Waals surface area contributed by atoms with Crippen LogP contribution in [0.3, 0.4) is 0 Å². The number of carbonyl (C=O) groups excluding carboxylic acids is 2. The van der Waals surface area contributed by atoms with E-state index in [1.165, 1.54) is 11.1 Å². The van der Waals surface area contributed by atoms with Gasteiger partial charge in [0.05, 0.1) is 30.9 Å². The molecule has 7 nitrogen and oxygen atoms in total. The molecular weight excluding hydrogens is 508 g/mol. The van der Waals surface area contributed by atoms with Crippen molar-refractivity contribution in [2.75, 3.05) is 24.6 Å². The average molecular weight is 555 g/mol. The summed E-state index contributed by atoms with van der Waals surface area (Å²) >= 11 is 0. The van der Waals surface area contributed by atoms with Gasteiger partial charge in [-0.1, -0.05) is 48.4 Å². The second kappa shape index (κ2) is 11.7. The van der Waals surface area contributed by atoms with Gasteiger partial charge in [0.15, 0.2) is 13.9 Å².